The van der Waals surface area contributed by atoms with Crippen LogP contribution in [-0.4, -0.2) is 37.6 Å². The van der Waals surface area contributed by atoms with Crippen molar-refractivity contribution in [1.82, 2.24) is 9.78 Å². The lowest BCUT2D eigenvalue weighted by atomic mass is 10.1. The number of para-hydroxylation sites is 1. The molecule has 0 bridgehead atoms. The molecule has 0 aliphatic carbocycles. The van der Waals surface area contributed by atoms with Gasteiger partial charge in [-0.1, -0.05) is 29.8 Å². The van der Waals surface area contributed by atoms with Crippen molar-refractivity contribution >= 4 is 46.5 Å². The summed E-state index contributed by atoms with van der Waals surface area (Å²) in [4.78, 5) is 34.7. The van der Waals surface area contributed by atoms with Gasteiger partial charge in [0.25, 0.3) is 5.69 Å². The molecule has 3 aromatic carbocycles. The molecule has 15 heteroatoms. The van der Waals surface area contributed by atoms with Gasteiger partial charge in [0.1, 0.15) is 29.6 Å². The topological polar surface area (TPSA) is 128 Å². The molecule has 0 aliphatic heterocycles. The summed E-state index contributed by atoms with van der Waals surface area (Å²) in [7, 11) is 0. The van der Waals surface area contributed by atoms with E-state index in [-0.39, 0.29) is 28.3 Å². The number of halogens is 5. The van der Waals surface area contributed by atoms with Crippen molar-refractivity contribution < 1.29 is 37.5 Å². The maximum Gasteiger partial charge on any atom is 0.416 e. The van der Waals surface area contributed by atoms with Crippen LogP contribution in [0.15, 0.2) is 73.1 Å². The second-order valence-corrected chi connectivity index (χ2v) is 9.54. The fourth-order valence-corrected chi connectivity index (χ4v) is 4.27. The van der Waals surface area contributed by atoms with Crippen LogP contribution in [0.3, 0.4) is 0 Å². The third-order valence-electron chi connectivity index (χ3n) is 5.85. The van der Waals surface area contributed by atoms with Gasteiger partial charge in [-0.3, -0.25) is 24.5 Å². The Morgan fingerprint density at radius 3 is 2.28 bits per heavy atom. The number of hydrogen-bond acceptors (Lipinski definition) is 6. The van der Waals surface area contributed by atoms with Gasteiger partial charge in [-0.25, -0.2) is 4.79 Å². The number of hydrogen-bond donors (Lipinski definition) is 1. The number of ether oxygens (including phenoxy) is 1. The number of aryl methyl sites for hydroxylation is 2. The van der Waals surface area contributed by atoms with E-state index >= 15 is 0 Å². The number of aromatic carboxylic acids is 1. The second-order valence-electron chi connectivity index (χ2n) is 8.87. The fourth-order valence-electron chi connectivity index (χ4n) is 3.90. The lowest BCUT2D eigenvalue weighted by Crippen LogP contribution is -2.35. The lowest BCUT2D eigenvalue weighted by molar-refractivity contribution is -0.385. The summed E-state index contributed by atoms with van der Waals surface area (Å²) in [5.74, 6) is -2.01. The highest BCUT2D eigenvalue weighted by atomic mass is 35.5. The van der Waals surface area contributed by atoms with Gasteiger partial charge in [0.2, 0.25) is 5.91 Å². The molecule has 1 heterocycles. The average molecular weight is 639 g/mol. The zero-order valence-corrected chi connectivity index (χ0v) is 24.0. The van der Waals surface area contributed by atoms with Crippen LogP contribution in [0.25, 0.3) is 0 Å². The Kier molecular flexibility index (Phi) is 10.7. The van der Waals surface area contributed by atoms with Crippen molar-refractivity contribution in [2.75, 3.05) is 10.8 Å². The van der Waals surface area contributed by atoms with Crippen LogP contribution in [0.2, 0.25) is 5.02 Å². The van der Waals surface area contributed by atoms with Crippen molar-refractivity contribution in [2.24, 2.45) is 0 Å². The summed E-state index contributed by atoms with van der Waals surface area (Å²) in [6.07, 6.45) is -1.07. The molecule has 10 nitrogen and oxygen atoms in total. The molecule has 226 valence electrons. The number of benzene rings is 3. The Hall–Kier alpha value is -4.62. The Labute approximate surface area is 253 Å². The SMILES string of the molecule is Cc1cccc(C)c1N(Cn1cccn1)C(=O)CCl.O=C(O)c1cc(Oc2ccc(C(F)(F)F)cc2Cl)ccc1[N+](=O)[O-]. The maximum atomic E-state index is 12.6. The minimum Gasteiger partial charge on any atom is -0.477 e. The van der Waals surface area contributed by atoms with E-state index in [1.807, 2.05) is 44.3 Å². The van der Waals surface area contributed by atoms with E-state index < -0.39 is 33.9 Å². The van der Waals surface area contributed by atoms with Crippen LogP contribution in [0.1, 0.15) is 27.0 Å². The summed E-state index contributed by atoms with van der Waals surface area (Å²) in [6.45, 7) is 4.34. The first-order valence-electron chi connectivity index (χ1n) is 12.2. The Morgan fingerprint density at radius 2 is 1.77 bits per heavy atom. The molecule has 0 spiro atoms. The zero-order chi connectivity index (χ0) is 31.9. The van der Waals surface area contributed by atoms with E-state index in [4.69, 9.17) is 33.0 Å². The second kappa shape index (κ2) is 14.0. The number of rotatable bonds is 8. The summed E-state index contributed by atoms with van der Waals surface area (Å²) < 4.78 is 44.6. The fraction of sp³-hybridized carbons (Fsp3) is 0.179. The highest BCUT2D eigenvalue weighted by Crippen LogP contribution is 2.37. The molecule has 0 aliphatic rings. The number of amides is 1. The summed E-state index contributed by atoms with van der Waals surface area (Å²) in [6, 6.07) is 13.0. The van der Waals surface area contributed by atoms with Gasteiger partial charge in [0.15, 0.2) is 0 Å². The molecule has 1 amide bonds. The predicted molar refractivity (Wildman–Crippen MR) is 153 cm³/mol. The Balaban J connectivity index is 0.000000242. The van der Waals surface area contributed by atoms with E-state index in [0.29, 0.717) is 12.7 Å². The van der Waals surface area contributed by atoms with Gasteiger partial charge >= 0.3 is 12.1 Å². The molecule has 4 rings (SSSR count). The van der Waals surface area contributed by atoms with Crippen LogP contribution in [0, 0.1) is 24.0 Å². The van der Waals surface area contributed by atoms with Crippen LogP contribution in [0.5, 0.6) is 11.5 Å². The highest BCUT2D eigenvalue weighted by molar-refractivity contribution is 6.32. The van der Waals surface area contributed by atoms with Crippen LogP contribution in [-0.2, 0) is 17.6 Å². The molecule has 0 unspecified atom stereocenters. The molecule has 1 N–H and O–H groups in total. The molecule has 0 saturated carbocycles. The average Bonchev–Trinajstić information content (AvgIpc) is 3.46. The Bertz CT molecular complexity index is 1610. The Morgan fingerprint density at radius 1 is 1.09 bits per heavy atom. The minimum absolute atomic E-state index is 0.0466. The van der Waals surface area contributed by atoms with Crippen molar-refractivity contribution in [3.8, 4) is 11.5 Å². The third-order valence-corrected chi connectivity index (χ3v) is 6.38. The monoisotopic (exact) mass is 638 g/mol. The van der Waals surface area contributed by atoms with Crippen molar-refractivity contribution in [3.05, 3.63) is 110 Å². The largest absolute Gasteiger partial charge is 0.477 e. The van der Waals surface area contributed by atoms with Crippen molar-refractivity contribution in [3.63, 3.8) is 0 Å². The summed E-state index contributed by atoms with van der Waals surface area (Å²) in [5, 5.41) is 23.5. The zero-order valence-electron chi connectivity index (χ0n) is 22.5. The van der Waals surface area contributed by atoms with Gasteiger partial charge in [-0.2, -0.15) is 18.3 Å². The molecule has 0 fully saturated rings. The molecule has 0 atom stereocenters. The number of nitrogens with zero attached hydrogens (tertiary/aromatic N) is 4. The normalized spacial score (nSPS) is 10.9. The van der Waals surface area contributed by atoms with Crippen LogP contribution in [0.4, 0.5) is 24.5 Å². The number of carboxylic acids is 1. The van der Waals surface area contributed by atoms with E-state index in [1.165, 1.54) is 0 Å². The molecular weight excluding hydrogens is 616 g/mol. The number of anilines is 1. The predicted octanol–water partition coefficient (Wildman–Crippen LogP) is 7.49. The van der Waals surface area contributed by atoms with E-state index in [9.17, 15) is 32.9 Å². The maximum absolute atomic E-state index is 12.6. The number of alkyl halides is 4. The number of nitro benzene ring substituents is 1. The summed E-state index contributed by atoms with van der Waals surface area (Å²) >= 11 is 11.4. The van der Waals surface area contributed by atoms with Crippen molar-refractivity contribution in [2.45, 2.75) is 26.7 Å². The number of carbonyl (C=O) groups excluding carboxylic acids is 1. The molecule has 0 saturated heterocycles. The van der Waals surface area contributed by atoms with Gasteiger partial charge in [0, 0.05) is 24.5 Å². The highest BCUT2D eigenvalue weighted by Gasteiger charge is 2.31. The van der Waals surface area contributed by atoms with E-state index in [0.717, 1.165) is 47.1 Å². The van der Waals surface area contributed by atoms with E-state index in [1.54, 1.807) is 15.8 Å². The summed E-state index contributed by atoms with van der Waals surface area (Å²) in [5.41, 5.74) is 0.753. The molecule has 4 aromatic rings. The van der Waals surface area contributed by atoms with Gasteiger partial charge in [-0.05, 0) is 55.3 Å². The smallest absolute Gasteiger partial charge is 0.416 e. The van der Waals surface area contributed by atoms with Gasteiger partial charge in [-0.15, -0.1) is 11.6 Å². The number of carboxylic acid groups (broad SMARTS) is 1. The molecule has 43 heavy (non-hydrogen) atoms. The first-order chi connectivity index (χ1) is 20.2. The lowest BCUT2D eigenvalue weighted by Gasteiger charge is -2.25. The van der Waals surface area contributed by atoms with Crippen LogP contribution < -0.4 is 9.64 Å². The third kappa shape index (κ3) is 8.46. The van der Waals surface area contributed by atoms with Crippen LogP contribution >= 0.6 is 23.2 Å². The quantitative estimate of drug-likeness (QED) is 0.120. The number of nitro groups is 1. The molecule has 0 radical (unpaired) electrons. The van der Waals surface area contributed by atoms with Gasteiger partial charge in [0.05, 0.1) is 21.2 Å². The molecule has 1 aromatic heterocycles. The number of aromatic nitrogens is 2. The first kappa shape index (κ1) is 32.9. The van der Waals surface area contributed by atoms with E-state index in [2.05, 4.69) is 5.10 Å². The number of carbonyl (C=O) groups is 2. The molecular formula is C28H23Cl2F3N4O6. The standard InChI is InChI=1S/C14H7ClF3NO5.C14H16ClN3O/c15-10-5-7(14(16,17)18)1-4-12(10)24-8-2-3-11(19(22)23)9(6-8)13(20)21;1-11-5-3-6-12(2)14(11)18(13(19)9-15)10-17-8-4-7-16-17/h1-6H,(H,20,21);3-8H,9-10H2,1-2H3. The van der Waals surface area contributed by atoms with Gasteiger partial charge < -0.3 is 9.84 Å². The first-order valence-corrected chi connectivity index (χ1v) is 13.1. The van der Waals surface area contributed by atoms with Crippen molar-refractivity contribution in [1.29, 1.82) is 0 Å². The minimum atomic E-state index is -4.58.